The molecule has 2 bridgehead atoms. The number of hydrogen-bond donors (Lipinski definition) is 1. The molecule has 7 rings (SSSR count). The molecular weight excluding hydrogens is 564 g/mol. The fraction of sp³-hybridized carbons (Fsp3) is 0.517. The van der Waals surface area contributed by atoms with E-state index in [2.05, 4.69) is 29.8 Å². The molecule has 0 amide bonds. The number of alkyl halides is 6. The van der Waals surface area contributed by atoms with Gasteiger partial charge in [-0.2, -0.15) is 13.2 Å². The van der Waals surface area contributed by atoms with Crippen LogP contribution in [0.15, 0.2) is 53.2 Å². The SMILES string of the molecule is FC(F)(F)Oc1ccc(-c2cnc(N3C4CCCCC4NCC4C5CC(CN5c5ccc(C(F)(F)F)cn5)C43)o2)cc1. The number of halogens is 6. The van der Waals surface area contributed by atoms with Crippen LogP contribution in [0.3, 0.4) is 0 Å². The Morgan fingerprint density at radius 1 is 0.905 bits per heavy atom. The van der Waals surface area contributed by atoms with E-state index in [1.54, 1.807) is 6.20 Å². The first-order chi connectivity index (χ1) is 20.0. The highest BCUT2D eigenvalue weighted by Gasteiger charge is 2.58. The molecule has 2 saturated heterocycles. The van der Waals surface area contributed by atoms with Crippen LogP contribution in [0.5, 0.6) is 5.75 Å². The van der Waals surface area contributed by atoms with Crippen LogP contribution in [0.4, 0.5) is 38.2 Å². The molecule has 224 valence electrons. The Morgan fingerprint density at radius 2 is 1.69 bits per heavy atom. The van der Waals surface area contributed by atoms with E-state index < -0.39 is 18.1 Å². The molecule has 0 radical (unpaired) electrons. The fourth-order valence-electron chi connectivity index (χ4n) is 7.61. The number of ether oxygens (including phenoxy) is 1. The maximum Gasteiger partial charge on any atom is 0.573 e. The minimum absolute atomic E-state index is 0.106. The van der Waals surface area contributed by atoms with Crippen molar-refractivity contribution in [2.45, 2.75) is 68.8 Å². The van der Waals surface area contributed by atoms with E-state index in [4.69, 9.17) is 4.42 Å². The lowest BCUT2D eigenvalue weighted by Crippen LogP contribution is -2.57. The third-order valence-electron chi connectivity index (χ3n) is 9.27. The number of piperidine rings is 1. The largest absolute Gasteiger partial charge is 0.573 e. The van der Waals surface area contributed by atoms with Crippen LogP contribution in [0.2, 0.25) is 0 Å². The van der Waals surface area contributed by atoms with Gasteiger partial charge in [-0.05, 0) is 61.6 Å². The van der Waals surface area contributed by atoms with Crippen molar-refractivity contribution in [1.82, 2.24) is 15.3 Å². The summed E-state index contributed by atoms with van der Waals surface area (Å²) in [5, 5.41) is 3.79. The summed E-state index contributed by atoms with van der Waals surface area (Å²) in [5.74, 6) is 1.10. The first-order valence-corrected chi connectivity index (χ1v) is 14.2. The van der Waals surface area contributed by atoms with E-state index in [9.17, 15) is 26.3 Å². The molecule has 42 heavy (non-hydrogen) atoms. The van der Waals surface area contributed by atoms with E-state index >= 15 is 0 Å². The molecular formula is C29H29F6N5O2. The summed E-state index contributed by atoms with van der Waals surface area (Å²) < 4.78 is 87.4. The molecule has 4 heterocycles. The topological polar surface area (TPSA) is 66.7 Å². The first-order valence-electron chi connectivity index (χ1n) is 14.2. The second-order valence-corrected chi connectivity index (χ2v) is 11.6. The van der Waals surface area contributed by atoms with Crippen LogP contribution in [-0.4, -0.2) is 53.6 Å². The van der Waals surface area contributed by atoms with Gasteiger partial charge in [0.05, 0.1) is 11.8 Å². The Hall–Kier alpha value is -3.48. The average Bonchev–Trinajstić information content (AvgIpc) is 3.66. The summed E-state index contributed by atoms with van der Waals surface area (Å²) >= 11 is 0. The normalized spacial score (nSPS) is 29.3. The molecule has 2 aromatic heterocycles. The van der Waals surface area contributed by atoms with Crippen LogP contribution >= 0.6 is 0 Å². The lowest BCUT2D eigenvalue weighted by Gasteiger charge is -2.45. The molecule has 4 aliphatic rings. The lowest BCUT2D eigenvalue weighted by atomic mass is 9.87. The molecule has 3 aromatic rings. The van der Waals surface area contributed by atoms with E-state index in [0.29, 0.717) is 29.7 Å². The number of nitrogens with zero attached hydrogens (tertiary/aromatic N) is 4. The second-order valence-electron chi connectivity index (χ2n) is 11.6. The Bertz CT molecular complexity index is 1410. The Kier molecular flexibility index (Phi) is 6.55. The van der Waals surface area contributed by atoms with Gasteiger partial charge in [-0.15, -0.1) is 13.2 Å². The van der Waals surface area contributed by atoms with Gasteiger partial charge < -0.3 is 24.3 Å². The molecule has 2 aliphatic heterocycles. The molecule has 6 unspecified atom stereocenters. The third-order valence-corrected chi connectivity index (χ3v) is 9.27. The molecule has 13 heteroatoms. The molecule has 7 nitrogen and oxygen atoms in total. The highest BCUT2D eigenvalue weighted by molar-refractivity contribution is 5.59. The Labute approximate surface area is 237 Å². The van der Waals surface area contributed by atoms with Crippen molar-refractivity contribution in [2.75, 3.05) is 22.9 Å². The number of fused-ring (bicyclic) bond motifs is 6. The van der Waals surface area contributed by atoms with Gasteiger partial charge in [-0.1, -0.05) is 12.8 Å². The molecule has 2 aliphatic carbocycles. The molecule has 4 fully saturated rings. The van der Waals surface area contributed by atoms with E-state index in [-0.39, 0.29) is 41.8 Å². The minimum atomic E-state index is -4.77. The predicted octanol–water partition coefficient (Wildman–Crippen LogP) is 6.27. The van der Waals surface area contributed by atoms with Crippen LogP contribution in [-0.2, 0) is 6.18 Å². The Morgan fingerprint density at radius 3 is 2.40 bits per heavy atom. The van der Waals surface area contributed by atoms with Crippen LogP contribution in [0.1, 0.15) is 37.7 Å². The minimum Gasteiger partial charge on any atom is -0.423 e. The van der Waals surface area contributed by atoms with Crippen molar-refractivity contribution in [3.63, 3.8) is 0 Å². The van der Waals surface area contributed by atoms with Crippen LogP contribution < -0.4 is 19.9 Å². The molecule has 1 N–H and O–H groups in total. The number of aromatic nitrogens is 2. The zero-order chi connectivity index (χ0) is 29.2. The van der Waals surface area contributed by atoms with Gasteiger partial charge in [0, 0.05) is 54.9 Å². The van der Waals surface area contributed by atoms with Crippen molar-refractivity contribution in [1.29, 1.82) is 0 Å². The van der Waals surface area contributed by atoms with E-state index in [1.807, 2.05) is 0 Å². The lowest BCUT2D eigenvalue weighted by molar-refractivity contribution is -0.274. The van der Waals surface area contributed by atoms with Gasteiger partial charge in [-0.25, -0.2) is 9.97 Å². The Balaban J connectivity index is 1.17. The monoisotopic (exact) mass is 593 g/mol. The van der Waals surface area contributed by atoms with Gasteiger partial charge in [-0.3, -0.25) is 0 Å². The quantitative estimate of drug-likeness (QED) is 0.358. The predicted molar refractivity (Wildman–Crippen MR) is 141 cm³/mol. The van der Waals surface area contributed by atoms with E-state index in [0.717, 1.165) is 50.9 Å². The fourth-order valence-corrected chi connectivity index (χ4v) is 7.61. The van der Waals surface area contributed by atoms with Crippen molar-refractivity contribution in [3.05, 3.63) is 54.4 Å². The average molecular weight is 594 g/mol. The summed E-state index contributed by atoms with van der Waals surface area (Å²) in [6.07, 6.45) is -1.60. The summed E-state index contributed by atoms with van der Waals surface area (Å²) in [5.41, 5.74) is -0.178. The summed E-state index contributed by atoms with van der Waals surface area (Å²) in [6.45, 7) is 1.45. The maximum absolute atomic E-state index is 13.1. The summed E-state index contributed by atoms with van der Waals surface area (Å²) in [6, 6.07) is 9.19. The van der Waals surface area contributed by atoms with Crippen LogP contribution in [0, 0.1) is 11.8 Å². The summed E-state index contributed by atoms with van der Waals surface area (Å²) in [7, 11) is 0. The van der Waals surface area contributed by atoms with Crippen molar-refractivity contribution in [3.8, 4) is 17.1 Å². The molecule has 6 atom stereocenters. The number of oxazole rings is 1. The zero-order valence-electron chi connectivity index (χ0n) is 22.4. The first kappa shape index (κ1) is 27.4. The maximum atomic E-state index is 13.1. The van der Waals surface area contributed by atoms with Gasteiger partial charge in [0.2, 0.25) is 0 Å². The van der Waals surface area contributed by atoms with Gasteiger partial charge in [0.1, 0.15) is 11.6 Å². The number of pyridine rings is 1. The molecule has 2 saturated carbocycles. The number of rotatable bonds is 4. The van der Waals surface area contributed by atoms with Crippen LogP contribution in [0.25, 0.3) is 11.3 Å². The molecule has 0 spiro atoms. The van der Waals surface area contributed by atoms with E-state index in [1.165, 1.54) is 30.3 Å². The highest BCUT2D eigenvalue weighted by atomic mass is 19.4. The second kappa shape index (κ2) is 10.1. The highest BCUT2D eigenvalue weighted by Crippen LogP contribution is 2.50. The van der Waals surface area contributed by atoms with Crippen molar-refractivity contribution < 1.29 is 35.5 Å². The van der Waals surface area contributed by atoms with Crippen molar-refractivity contribution >= 4 is 11.8 Å². The smallest absolute Gasteiger partial charge is 0.423 e. The van der Waals surface area contributed by atoms with Crippen molar-refractivity contribution in [2.24, 2.45) is 11.8 Å². The number of hydrogen-bond acceptors (Lipinski definition) is 7. The zero-order valence-corrected chi connectivity index (χ0v) is 22.4. The van der Waals surface area contributed by atoms with Gasteiger partial charge in [0.15, 0.2) is 5.76 Å². The third kappa shape index (κ3) is 4.95. The van der Waals surface area contributed by atoms with Gasteiger partial charge in [0.25, 0.3) is 6.01 Å². The van der Waals surface area contributed by atoms with Gasteiger partial charge >= 0.3 is 12.5 Å². The standard InChI is InChI=1S/C29H29F6N5O2/c30-28(31,32)18-7-10-25(37-12-18)39-15-17-11-23(39)20-13-36-21-3-1-2-4-22(21)40(26(17)20)27-38-14-24(41-27)16-5-8-19(9-6-16)42-29(33,34)35/h5-10,12,14,17,20-23,26,36H,1-4,11,13,15H2. The number of benzene rings is 1. The molecule has 1 aromatic carbocycles. The number of anilines is 2. The number of nitrogens with one attached hydrogen (secondary N) is 1. The summed E-state index contributed by atoms with van der Waals surface area (Å²) in [4.78, 5) is 13.3.